The molecule has 0 N–H and O–H groups in total. The van der Waals surface area contributed by atoms with Crippen LogP contribution in [0.2, 0.25) is 0 Å². The Morgan fingerprint density at radius 3 is 2.06 bits per heavy atom. The van der Waals surface area contributed by atoms with Crippen molar-refractivity contribution in [3.63, 3.8) is 0 Å². The molecule has 0 saturated heterocycles. The van der Waals surface area contributed by atoms with Crippen molar-refractivity contribution in [2.24, 2.45) is 29.6 Å². The van der Waals surface area contributed by atoms with Crippen molar-refractivity contribution in [3.8, 4) is 5.75 Å². The fourth-order valence-electron chi connectivity index (χ4n) is 6.25. The van der Waals surface area contributed by atoms with Crippen LogP contribution in [-0.4, -0.2) is 5.97 Å². The number of carbonyl (C=O) groups excluding carboxylic acids is 1. The van der Waals surface area contributed by atoms with Crippen LogP contribution in [0.4, 0.5) is 0 Å². The van der Waals surface area contributed by atoms with Crippen LogP contribution >= 0.6 is 0 Å². The van der Waals surface area contributed by atoms with Crippen LogP contribution in [0.3, 0.4) is 0 Å². The Bertz CT molecular complexity index is 663. The monoisotopic (exact) mass is 454 g/mol. The van der Waals surface area contributed by atoms with E-state index in [2.05, 4.69) is 32.9 Å². The van der Waals surface area contributed by atoms with Crippen LogP contribution in [0.5, 0.6) is 5.75 Å². The van der Waals surface area contributed by atoms with Crippen LogP contribution in [-0.2, 0) is 11.2 Å². The Kier molecular flexibility index (Phi) is 11.3. The lowest BCUT2D eigenvalue weighted by molar-refractivity contribution is -0.140. The summed E-state index contributed by atoms with van der Waals surface area (Å²) in [6, 6.07) is 8.19. The van der Waals surface area contributed by atoms with Gasteiger partial charge in [0.25, 0.3) is 0 Å². The zero-order valence-corrected chi connectivity index (χ0v) is 21.8. The van der Waals surface area contributed by atoms with Crippen molar-refractivity contribution in [2.75, 3.05) is 0 Å². The molecular formula is C31H50O2. The predicted molar refractivity (Wildman–Crippen MR) is 140 cm³/mol. The fraction of sp³-hybridized carbons (Fsp3) is 0.774. The van der Waals surface area contributed by atoms with Crippen LogP contribution in [0.25, 0.3) is 0 Å². The molecule has 1 atom stereocenters. The highest BCUT2D eigenvalue weighted by Gasteiger charge is 2.33. The van der Waals surface area contributed by atoms with Gasteiger partial charge in [0, 0.05) is 0 Å². The number of benzene rings is 1. The smallest absolute Gasteiger partial charge is 0.314 e. The van der Waals surface area contributed by atoms with Gasteiger partial charge in [-0.05, 0) is 86.3 Å². The Morgan fingerprint density at radius 2 is 1.45 bits per heavy atom. The first-order valence-electron chi connectivity index (χ1n) is 14.4. The third-order valence-electron chi connectivity index (χ3n) is 8.80. The van der Waals surface area contributed by atoms with E-state index in [0.717, 1.165) is 37.0 Å². The summed E-state index contributed by atoms with van der Waals surface area (Å²) >= 11 is 0. The number of esters is 1. The summed E-state index contributed by atoms with van der Waals surface area (Å²) in [5.74, 6) is 4.25. The van der Waals surface area contributed by atoms with Crippen molar-refractivity contribution >= 4 is 5.97 Å². The topological polar surface area (TPSA) is 26.3 Å². The molecule has 1 aromatic rings. The first-order chi connectivity index (χ1) is 16.1. The maximum Gasteiger partial charge on any atom is 0.314 e. The SMILES string of the molecule is CCCCCCCC1CCC(C2CCC(C(=O)Oc3ccc(CC(C)CC)cc3)CC2)CC1. The Morgan fingerprint density at radius 1 is 0.848 bits per heavy atom. The summed E-state index contributed by atoms with van der Waals surface area (Å²) in [6.45, 7) is 6.81. The highest BCUT2D eigenvalue weighted by Crippen LogP contribution is 2.42. The normalized spacial score (nSPS) is 26.6. The third-order valence-corrected chi connectivity index (χ3v) is 8.80. The van der Waals surface area contributed by atoms with Gasteiger partial charge in [-0.25, -0.2) is 0 Å². The van der Waals surface area contributed by atoms with Gasteiger partial charge in [-0.3, -0.25) is 4.79 Å². The molecule has 2 heteroatoms. The minimum absolute atomic E-state index is 0.00472. The highest BCUT2D eigenvalue weighted by molar-refractivity contribution is 5.75. The van der Waals surface area contributed by atoms with Crippen LogP contribution < -0.4 is 4.74 Å². The third kappa shape index (κ3) is 8.76. The lowest BCUT2D eigenvalue weighted by atomic mass is 9.68. The fourth-order valence-corrected chi connectivity index (χ4v) is 6.25. The largest absolute Gasteiger partial charge is 0.426 e. The van der Waals surface area contributed by atoms with Crippen molar-refractivity contribution in [2.45, 2.75) is 124 Å². The minimum atomic E-state index is -0.00472. The Hall–Kier alpha value is -1.31. The molecule has 1 unspecified atom stereocenters. The molecule has 2 saturated carbocycles. The summed E-state index contributed by atoms with van der Waals surface area (Å²) in [7, 11) is 0. The second-order valence-corrected chi connectivity index (χ2v) is 11.4. The first kappa shape index (κ1) is 26.3. The van der Waals surface area contributed by atoms with Gasteiger partial charge in [-0.2, -0.15) is 0 Å². The number of rotatable bonds is 12. The summed E-state index contributed by atoms with van der Waals surface area (Å²) in [5, 5.41) is 0. The second-order valence-electron chi connectivity index (χ2n) is 11.4. The van der Waals surface area contributed by atoms with Crippen molar-refractivity contribution in [1.29, 1.82) is 0 Å². The van der Waals surface area contributed by atoms with Crippen molar-refractivity contribution in [3.05, 3.63) is 29.8 Å². The average Bonchev–Trinajstić information content (AvgIpc) is 2.85. The molecular weight excluding hydrogens is 404 g/mol. The van der Waals surface area contributed by atoms with Crippen molar-refractivity contribution in [1.82, 2.24) is 0 Å². The standard InChI is InChI=1S/C31H50O2/c1-4-6-7-8-9-10-25-11-15-27(16-12-25)28-17-19-29(20-18-28)31(32)33-30-21-13-26(14-22-30)23-24(3)5-2/h13-14,21-22,24-25,27-29H,4-12,15-20,23H2,1-3H3. The van der Waals surface area contributed by atoms with E-state index in [1.807, 2.05) is 12.1 Å². The number of hydrogen-bond acceptors (Lipinski definition) is 2. The van der Waals surface area contributed by atoms with E-state index in [0.29, 0.717) is 11.7 Å². The minimum Gasteiger partial charge on any atom is -0.426 e. The van der Waals surface area contributed by atoms with Gasteiger partial charge in [0.15, 0.2) is 0 Å². The molecule has 1 aromatic carbocycles. The van der Waals surface area contributed by atoms with Gasteiger partial charge >= 0.3 is 5.97 Å². The van der Waals surface area contributed by atoms with Gasteiger partial charge in [0.1, 0.15) is 5.75 Å². The summed E-state index contributed by atoms with van der Waals surface area (Å²) in [5.41, 5.74) is 1.33. The first-order valence-corrected chi connectivity index (χ1v) is 14.4. The summed E-state index contributed by atoms with van der Waals surface area (Å²) in [4.78, 5) is 12.7. The molecule has 2 aliphatic rings. The number of unbranched alkanes of at least 4 members (excludes halogenated alkanes) is 4. The second kappa shape index (κ2) is 14.2. The molecule has 0 amide bonds. The zero-order valence-electron chi connectivity index (χ0n) is 21.8. The van der Waals surface area contributed by atoms with E-state index in [1.54, 1.807) is 0 Å². The van der Waals surface area contributed by atoms with Crippen LogP contribution in [0.1, 0.15) is 123 Å². The molecule has 0 bridgehead atoms. The molecule has 2 aliphatic carbocycles. The van der Waals surface area contributed by atoms with E-state index < -0.39 is 0 Å². The Balaban J connectivity index is 1.33. The lowest BCUT2D eigenvalue weighted by Gasteiger charge is -2.37. The van der Waals surface area contributed by atoms with Gasteiger partial charge in [0.05, 0.1) is 5.92 Å². The van der Waals surface area contributed by atoms with E-state index in [1.165, 1.54) is 89.0 Å². The molecule has 0 spiro atoms. The van der Waals surface area contributed by atoms with Gasteiger partial charge < -0.3 is 4.74 Å². The van der Waals surface area contributed by atoms with Crippen LogP contribution in [0.15, 0.2) is 24.3 Å². The van der Waals surface area contributed by atoms with Gasteiger partial charge in [-0.1, -0.05) is 90.7 Å². The van der Waals surface area contributed by atoms with E-state index in [-0.39, 0.29) is 11.9 Å². The quantitative estimate of drug-likeness (QED) is 0.179. The van der Waals surface area contributed by atoms with Gasteiger partial charge in [-0.15, -0.1) is 0 Å². The summed E-state index contributed by atoms with van der Waals surface area (Å²) < 4.78 is 5.76. The molecule has 0 aliphatic heterocycles. The molecule has 0 aromatic heterocycles. The molecule has 2 nitrogen and oxygen atoms in total. The summed E-state index contributed by atoms with van der Waals surface area (Å²) in [6.07, 6.45) is 21.1. The number of hydrogen-bond donors (Lipinski definition) is 0. The average molecular weight is 455 g/mol. The van der Waals surface area contributed by atoms with Crippen LogP contribution in [0, 0.1) is 29.6 Å². The van der Waals surface area contributed by atoms with Crippen molar-refractivity contribution < 1.29 is 9.53 Å². The number of ether oxygens (including phenoxy) is 1. The molecule has 186 valence electrons. The van der Waals surface area contributed by atoms with E-state index >= 15 is 0 Å². The predicted octanol–water partition coefficient (Wildman–Crippen LogP) is 9.15. The Labute approximate surface area is 204 Å². The van der Waals surface area contributed by atoms with Gasteiger partial charge in [0.2, 0.25) is 0 Å². The van der Waals surface area contributed by atoms with E-state index in [9.17, 15) is 4.79 Å². The molecule has 2 fully saturated rings. The molecule has 0 heterocycles. The molecule has 33 heavy (non-hydrogen) atoms. The maximum absolute atomic E-state index is 12.7. The zero-order chi connectivity index (χ0) is 23.5. The lowest BCUT2D eigenvalue weighted by Crippen LogP contribution is -2.30. The maximum atomic E-state index is 12.7. The molecule has 0 radical (unpaired) electrons. The number of carbonyl (C=O) groups is 1. The highest BCUT2D eigenvalue weighted by atomic mass is 16.5. The van der Waals surface area contributed by atoms with E-state index in [4.69, 9.17) is 4.74 Å². The molecule has 3 rings (SSSR count).